The second-order valence-corrected chi connectivity index (χ2v) is 7.03. The van der Waals surface area contributed by atoms with Crippen molar-refractivity contribution in [2.24, 2.45) is 0 Å². The molecule has 0 radical (unpaired) electrons. The normalized spacial score (nSPS) is 10.9. The van der Waals surface area contributed by atoms with E-state index in [4.69, 9.17) is 0 Å². The van der Waals surface area contributed by atoms with Gasteiger partial charge in [-0.05, 0) is 56.6 Å². The van der Waals surface area contributed by atoms with Gasteiger partial charge in [0.05, 0.1) is 0 Å². The third-order valence-electron chi connectivity index (χ3n) is 5.25. The van der Waals surface area contributed by atoms with Crippen molar-refractivity contribution >= 4 is 0 Å². The van der Waals surface area contributed by atoms with Crippen molar-refractivity contribution < 1.29 is 0 Å². The second-order valence-electron chi connectivity index (χ2n) is 7.03. The van der Waals surface area contributed by atoms with E-state index in [1.54, 1.807) is 0 Å². The molecule has 0 aromatic heterocycles. The number of hydrogen-bond donors (Lipinski definition) is 0. The highest BCUT2D eigenvalue weighted by Gasteiger charge is 2.16. The van der Waals surface area contributed by atoms with Gasteiger partial charge in [0.25, 0.3) is 0 Å². The molecular weight excluding hydrogens is 336 g/mol. The number of rotatable bonds is 3. The Labute approximate surface area is 166 Å². The molecule has 0 unspecified atom stereocenters. The van der Waals surface area contributed by atoms with Crippen LogP contribution >= 0.6 is 0 Å². The lowest BCUT2D eigenvalue weighted by molar-refractivity contribution is 1.57. The number of fused-ring (bicyclic) bond motifs is 1. The van der Waals surface area contributed by atoms with Crippen molar-refractivity contribution in [1.82, 2.24) is 0 Å². The molecule has 0 bridgehead atoms. The van der Waals surface area contributed by atoms with Crippen molar-refractivity contribution in [2.75, 3.05) is 0 Å². The van der Waals surface area contributed by atoms with Crippen LogP contribution in [0, 0.1) is 0 Å². The lowest BCUT2D eigenvalue weighted by Crippen LogP contribution is -1.89. The number of hydrogen-bond acceptors (Lipinski definition) is 0. The fourth-order valence-corrected chi connectivity index (χ4v) is 3.94. The zero-order valence-electron chi connectivity index (χ0n) is 15.5. The molecule has 0 atom stereocenters. The molecule has 0 saturated carbocycles. The molecule has 132 valence electrons. The molecule has 0 heteroatoms. The summed E-state index contributed by atoms with van der Waals surface area (Å²) < 4.78 is 0. The zero-order chi connectivity index (χ0) is 18.8. The molecule has 0 nitrogen and oxygen atoms in total. The smallest absolute Gasteiger partial charge is 0.00264 e. The van der Waals surface area contributed by atoms with Crippen LogP contribution in [0.4, 0.5) is 0 Å². The minimum atomic E-state index is 1.24. The molecule has 0 fully saturated rings. The van der Waals surface area contributed by atoms with Crippen LogP contribution in [0.3, 0.4) is 0 Å². The molecular formula is C28H20. The van der Waals surface area contributed by atoms with Crippen LogP contribution in [0.5, 0.6) is 0 Å². The van der Waals surface area contributed by atoms with Crippen LogP contribution in [-0.4, -0.2) is 0 Å². The summed E-state index contributed by atoms with van der Waals surface area (Å²) in [7, 11) is 0. The van der Waals surface area contributed by atoms with E-state index in [1.807, 2.05) is 0 Å². The zero-order valence-corrected chi connectivity index (χ0v) is 15.5. The molecule has 3 aromatic rings. The predicted octanol–water partition coefficient (Wildman–Crippen LogP) is 7.79. The van der Waals surface area contributed by atoms with Gasteiger partial charge in [0.1, 0.15) is 0 Å². The third-order valence-corrected chi connectivity index (χ3v) is 5.25. The van der Waals surface area contributed by atoms with E-state index in [-0.39, 0.29) is 0 Å². The first-order chi connectivity index (χ1) is 13.9. The lowest BCUT2D eigenvalue weighted by atomic mass is 9.88. The van der Waals surface area contributed by atoms with E-state index in [9.17, 15) is 0 Å². The fourth-order valence-electron chi connectivity index (χ4n) is 3.94. The van der Waals surface area contributed by atoms with Gasteiger partial charge in [0.15, 0.2) is 0 Å². The molecule has 5 rings (SSSR count). The van der Waals surface area contributed by atoms with Gasteiger partial charge in [-0.25, -0.2) is 0 Å². The minimum Gasteiger partial charge on any atom is -0.0622 e. The lowest BCUT2D eigenvalue weighted by Gasteiger charge is -2.15. The van der Waals surface area contributed by atoms with Crippen molar-refractivity contribution in [3.8, 4) is 44.5 Å². The van der Waals surface area contributed by atoms with Crippen LogP contribution in [0.2, 0.25) is 0 Å². The summed E-state index contributed by atoms with van der Waals surface area (Å²) in [6.07, 6.45) is 0. The average molecular weight is 356 g/mol. The Hall–Kier alpha value is -3.64. The van der Waals surface area contributed by atoms with E-state index in [1.165, 1.54) is 44.5 Å². The van der Waals surface area contributed by atoms with Crippen LogP contribution in [-0.2, 0) is 0 Å². The fraction of sp³-hybridized carbons (Fsp3) is 0. The van der Waals surface area contributed by atoms with Crippen LogP contribution in [0.1, 0.15) is 0 Å². The second kappa shape index (κ2) is 7.17. The molecule has 0 heterocycles. The van der Waals surface area contributed by atoms with Gasteiger partial charge in [0.2, 0.25) is 0 Å². The first-order valence-electron chi connectivity index (χ1n) is 9.63. The van der Waals surface area contributed by atoms with E-state index in [2.05, 4.69) is 121 Å². The Morgan fingerprint density at radius 3 is 1.11 bits per heavy atom. The van der Waals surface area contributed by atoms with Gasteiger partial charge in [-0.2, -0.15) is 0 Å². The summed E-state index contributed by atoms with van der Waals surface area (Å²) >= 11 is 0. The molecule has 0 spiro atoms. The van der Waals surface area contributed by atoms with Gasteiger partial charge < -0.3 is 0 Å². The maximum atomic E-state index is 2.31. The van der Waals surface area contributed by atoms with E-state index in [0.717, 1.165) is 0 Å². The summed E-state index contributed by atoms with van der Waals surface area (Å²) in [6.45, 7) is 0. The Morgan fingerprint density at radius 1 is 0.286 bits per heavy atom. The van der Waals surface area contributed by atoms with Gasteiger partial charge in [-0.3, -0.25) is 0 Å². The molecule has 0 amide bonds. The van der Waals surface area contributed by atoms with Gasteiger partial charge in [-0.1, -0.05) is 109 Å². The van der Waals surface area contributed by atoms with Crippen molar-refractivity contribution in [3.05, 3.63) is 121 Å². The van der Waals surface area contributed by atoms with E-state index < -0.39 is 0 Å². The van der Waals surface area contributed by atoms with Crippen molar-refractivity contribution in [1.29, 1.82) is 0 Å². The highest BCUT2D eigenvalue weighted by Crippen LogP contribution is 2.42. The summed E-state index contributed by atoms with van der Waals surface area (Å²) in [5, 5.41) is 0. The van der Waals surface area contributed by atoms with E-state index in [0.29, 0.717) is 0 Å². The summed E-state index contributed by atoms with van der Waals surface area (Å²) in [4.78, 5) is 0. The highest BCUT2D eigenvalue weighted by atomic mass is 14.2. The Morgan fingerprint density at radius 2 is 0.679 bits per heavy atom. The predicted molar refractivity (Wildman–Crippen MR) is 119 cm³/mol. The molecule has 28 heavy (non-hydrogen) atoms. The summed E-state index contributed by atoms with van der Waals surface area (Å²) in [6, 6.07) is 43.2. The monoisotopic (exact) mass is 356 g/mol. The van der Waals surface area contributed by atoms with Crippen LogP contribution in [0.15, 0.2) is 121 Å². The Kier molecular flexibility index (Phi) is 4.23. The number of benzene rings is 3. The molecule has 2 aliphatic carbocycles. The maximum absolute atomic E-state index is 2.31. The molecule has 2 aliphatic rings. The van der Waals surface area contributed by atoms with Crippen LogP contribution in [0.25, 0.3) is 44.5 Å². The van der Waals surface area contributed by atoms with Crippen molar-refractivity contribution in [3.63, 3.8) is 0 Å². The topological polar surface area (TPSA) is 0 Å². The minimum absolute atomic E-state index is 1.24. The SMILES string of the molecule is c1ccc2cc(-c3c(-c4ccccc4)cccc3-c3ccccc3)cc-2cc1. The first kappa shape index (κ1) is 16.5. The quantitative estimate of drug-likeness (QED) is 0.309. The molecule has 0 aliphatic heterocycles. The van der Waals surface area contributed by atoms with Gasteiger partial charge in [0, 0.05) is 0 Å². The Balaban J connectivity index is 1.82. The average Bonchev–Trinajstić information content (AvgIpc) is 3.04. The summed E-state index contributed by atoms with van der Waals surface area (Å²) in [5.41, 5.74) is 10.1. The first-order valence-corrected chi connectivity index (χ1v) is 9.63. The van der Waals surface area contributed by atoms with E-state index >= 15 is 0 Å². The van der Waals surface area contributed by atoms with Gasteiger partial charge >= 0.3 is 0 Å². The largest absolute Gasteiger partial charge is 0.0622 e. The standard InChI is InChI=1S/C28H20/c1-4-11-21(12-5-1)26-17-10-18-27(22-13-6-2-7-14-22)28(26)25-19-23-15-8-3-9-16-24(23)20-25/h1-20H. The van der Waals surface area contributed by atoms with Gasteiger partial charge in [-0.15, -0.1) is 0 Å². The third kappa shape index (κ3) is 3.00. The molecule has 3 aromatic carbocycles. The highest BCUT2D eigenvalue weighted by molar-refractivity contribution is 5.97. The van der Waals surface area contributed by atoms with Crippen LogP contribution < -0.4 is 0 Å². The maximum Gasteiger partial charge on any atom is -0.00264 e. The summed E-state index contributed by atoms with van der Waals surface area (Å²) in [5.74, 6) is 0. The Bertz CT molecular complexity index is 1100. The molecule has 0 N–H and O–H groups in total. The molecule has 0 saturated heterocycles. The van der Waals surface area contributed by atoms with Crippen molar-refractivity contribution in [2.45, 2.75) is 0 Å².